The second-order valence-corrected chi connectivity index (χ2v) is 9.69. The molecular formula is C19H31N3O2S. The van der Waals surface area contributed by atoms with Crippen molar-refractivity contribution < 1.29 is 8.42 Å². The molecule has 0 radical (unpaired) electrons. The Hall–Kier alpha value is -1.56. The topological polar surface area (TPSA) is 61.8 Å². The lowest BCUT2D eigenvalue weighted by Gasteiger charge is -2.23. The normalized spacial score (nSPS) is 17.7. The smallest absolute Gasteiger partial charge is 0.193 e. The average molecular weight is 366 g/mol. The number of rotatable bonds is 7. The molecular weight excluding hydrogens is 334 g/mol. The van der Waals surface area contributed by atoms with Gasteiger partial charge in [-0.25, -0.2) is 8.42 Å². The minimum Gasteiger partial charge on any atom is -0.357 e. The van der Waals surface area contributed by atoms with Crippen molar-refractivity contribution in [3.8, 4) is 0 Å². The zero-order chi connectivity index (χ0) is 18.3. The van der Waals surface area contributed by atoms with Gasteiger partial charge in [0.15, 0.2) is 15.8 Å². The molecule has 25 heavy (non-hydrogen) atoms. The van der Waals surface area contributed by atoms with Gasteiger partial charge in [-0.15, -0.1) is 0 Å². The fraction of sp³-hybridized carbons (Fsp3) is 0.632. The summed E-state index contributed by atoms with van der Waals surface area (Å²) in [5.41, 5.74) is 1.16. The maximum Gasteiger partial charge on any atom is 0.193 e. The van der Waals surface area contributed by atoms with E-state index >= 15 is 0 Å². The van der Waals surface area contributed by atoms with Crippen LogP contribution in [0.25, 0.3) is 0 Å². The van der Waals surface area contributed by atoms with Crippen molar-refractivity contribution in [2.45, 2.75) is 39.4 Å². The van der Waals surface area contributed by atoms with E-state index in [0.29, 0.717) is 18.4 Å². The highest BCUT2D eigenvalue weighted by molar-refractivity contribution is 7.90. The van der Waals surface area contributed by atoms with Crippen LogP contribution in [0, 0.1) is 5.41 Å². The summed E-state index contributed by atoms with van der Waals surface area (Å²) in [5, 5.41) is 3.33. The number of nitrogens with one attached hydrogen (secondary N) is 1. The second kappa shape index (κ2) is 8.70. The van der Waals surface area contributed by atoms with E-state index < -0.39 is 9.84 Å². The van der Waals surface area contributed by atoms with Crippen molar-refractivity contribution in [3.63, 3.8) is 0 Å². The van der Waals surface area contributed by atoms with Gasteiger partial charge in [-0.1, -0.05) is 44.2 Å². The molecule has 0 amide bonds. The molecule has 1 heterocycles. The Labute approximate surface area is 152 Å². The third kappa shape index (κ3) is 6.69. The first kappa shape index (κ1) is 19.8. The van der Waals surface area contributed by atoms with Crippen LogP contribution in [0.1, 0.15) is 39.2 Å². The highest BCUT2D eigenvalue weighted by Crippen LogP contribution is 2.28. The standard InChI is InChI=1S/C19H31N3O2S/c1-4-20-18(22-13-11-19(2,3)16-22)21-12-8-14-25(23,24)15-17-9-6-5-7-10-17/h5-7,9-10H,4,8,11-16H2,1-3H3,(H,20,21). The van der Waals surface area contributed by atoms with E-state index in [1.807, 2.05) is 30.3 Å². The van der Waals surface area contributed by atoms with Crippen LogP contribution in [0.2, 0.25) is 0 Å². The number of benzene rings is 1. The van der Waals surface area contributed by atoms with Gasteiger partial charge >= 0.3 is 0 Å². The highest BCUT2D eigenvalue weighted by atomic mass is 32.2. The number of guanidine groups is 1. The van der Waals surface area contributed by atoms with E-state index in [2.05, 4.69) is 36.0 Å². The maximum atomic E-state index is 12.2. The lowest BCUT2D eigenvalue weighted by Crippen LogP contribution is -2.40. The zero-order valence-corrected chi connectivity index (χ0v) is 16.5. The number of aliphatic imine (C=N–C) groups is 1. The SMILES string of the molecule is CCNC(=NCCCS(=O)(=O)Cc1ccccc1)N1CCC(C)(C)C1. The Kier molecular flexibility index (Phi) is 6.87. The number of sulfone groups is 1. The molecule has 2 rings (SSSR count). The third-order valence-corrected chi connectivity index (χ3v) is 6.10. The van der Waals surface area contributed by atoms with Gasteiger partial charge in [-0.3, -0.25) is 4.99 Å². The van der Waals surface area contributed by atoms with E-state index in [9.17, 15) is 8.42 Å². The molecule has 140 valence electrons. The largest absolute Gasteiger partial charge is 0.357 e. The Morgan fingerprint density at radius 1 is 1.28 bits per heavy atom. The molecule has 1 saturated heterocycles. The first-order chi connectivity index (χ1) is 11.8. The van der Waals surface area contributed by atoms with Crippen molar-refractivity contribution in [2.24, 2.45) is 10.4 Å². The quantitative estimate of drug-likeness (QED) is 0.458. The molecule has 1 fully saturated rings. The van der Waals surface area contributed by atoms with E-state index in [1.165, 1.54) is 0 Å². The summed E-state index contributed by atoms with van der Waals surface area (Å²) in [7, 11) is -3.09. The average Bonchev–Trinajstić information content (AvgIpc) is 2.91. The number of nitrogens with zero attached hydrogens (tertiary/aromatic N) is 2. The van der Waals surface area contributed by atoms with Crippen LogP contribution in [0.5, 0.6) is 0 Å². The summed E-state index contributed by atoms with van der Waals surface area (Å²) < 4.78 is 24.5. The van der Waals surface area contributed by atoms with Crippen LogP contribution in [0.15, 0.2) is 35.3 Å². The van der Waals surface area contributed by atoms with Crippen LogP contribution < -0.4 is 5.32 Å². The van der Waals surface area contributed by atoms with Gasteiger partial charge in [-0.2, -0.15) is 0 Å². The first-order valence-corrected chi connectivity index (χ1v) is 10.9. The number of hydrogen-bond acceptors (Lipinski definition) is 3. The Bertz CT molecular complexity index is 669. The molecule has 0 spiro atoms. The van der Waals surface area contributed by atoms with Crippen LogP contribution >= 0.6 is 0 Å². The van der Waals surface area contributed by atoms with Gasteiger partial charge < -0.3 is 10.2 Å². The van der Waals surface area contributed by atoms with Crippen LogP contribution in [0.3, 0.4) is 0 Å². The minimum absolute atomic E-state index is 0.109. The van der Waals surface area contributed by atoms with Crippen molar-refractivity contribution in [1.82, 2.24) is 10.2 Å². The van der Waals surface area contributed by atoms with Gasteiger partial charge in [-0.05, 0) is 30.7 Å². The summed E-state index contributed by atoms with van der Waals surface area (Å²) in [6.45, 7) is 9.95. The molecule has 0 aromatic heterocycles. The van der Waals surface area contributed by atoms with Crippen LogP contribution in [-0.4, -0.2) is 51.2 Å². The van der Waals surface area contributed by atoms with Crippen molar-refractivity contribution in [3.05, 3.63) is 35.9 Å². The van der Waals surface area contributed by atoms with Crippen molar-refractivity contribution in [2.75, 3.05) is 31.9 Å². The molecule has 1 aromatic carbocycles. The summed E-state index contributed by atoms with van der Waals surface area (Å²) in [6, 6.07) is 9.35. The van der Waals surface area contributed by atoms with Crippen LogP contribution in [0.4, 0.5) is 0 Å². The Balaban J connectivity index is 1.85. The minimum atomic E-state index is -3.09. The highest BCUT2D eigenvalue weighted by Gasteiger charge is 2.30. The van der Waals surface area contributed by atoms with Crippen molar-refractivity contribution in [1.29, 1.82) is 0 Å². The number of likely N-dealkylation sites (tertiary alicyclic amines) is 1. The van der Waals surface area contributed by atoms with Crippen molar-refractivity contribution >= 4 is 15.8 Å². The lowest BCUT2D eigenvalue weighted by atomic mass is 9.93. The molecule has 5 nitrogen and oxygen atoms in total. The molecule has 0 bridgehead atoms. The second-order valence-electron chi connectivity index (χ2n) is 7.50. The molecule has 1 aliphatic heterocycles. The van der Waals surface area contributed by atoms with Crippen LogP contribution in [-0.2, 0) is 15.6 Å². The molecule has 1 aromatic rings. The maximum absolute atomic E-state index is 12.2. The summed E-state index contributed by atoms with van der Waals surface area (Å²) in [5.74, 6) is 1.20. The summed E-state index contributed by atoms with van der Waals surface area (Å²) >= 11 is 0. The lowest BCUT2D eigenvalue weighted by molar-refractivity contribution is 0.370. The summed E-state index contributed by atoms with van der Waals surface area (Å²) in [6.07, 6.45) is 1.71. The molecule has 1 N–H and O–H groups in total. The molecule has 0 unspecified atom stereocenters. The van der Waals surface area contributed by atoms with E-state index in [1.54, 1.807) is 0 Å². The van der Waals surface area contributed by atoms with Gasteiger partial charge in [0.1, 0.15) is 0 Å². The van der Waals surface area contributed by atoms with Gasteiger partial charge in [0.2, 0.25) is 0 Å². The molecule has 0 aliphatic carbocycles. The van der Waals surface area contributed by atoms with E-state index in [4.69, 9.17) is 0 Å². The number of hydrogen-bond donors (Lipinski definition) is 1. The monoisotopic (exact) mass is 365 g/mol. The fourth-order valence-electron chi connectivity index (χ4n) is 3.09. The fourth-order valence-corrected chi connectivity index (χ4v) is 4.50. The zero-order valence-electron chi connectivity index (χ0n) is 15.7. The molecule has 0 saturated carbocycles. The third-order valence-electron chi connectivity index (χ3n) is 4.42. The van der Waals surface area contributed by atoms with Gasteiger partial charge in [0.05, 0.1) is 11.5 Å². The summed E-state index contributed by atoms with van der Waals surface area (Å²) in [4.78, 5) is 6.92. The predicted molar refractivity (Wildman–Crippen MR) is 104 cm³/mol. The molecule has 1 aliphatic rings. The first-order valence-electron chi connectivity index (χ1n) is 9.09. The Morgan fingerprint density at radius 2 is 2.00 bits per heavy atom. The molecule has 0 atom stereocenters. The molecule has 6 heteroatoms. The van der Waals surface area contributed by atoms with E-state index in [0.717, 1.165) is 37.6 Å². The predicted octanol–water partition coefficient (Wildman–Crippen LogP) is 2.69. The Morgan fingerprint density at radius 3 is 2.60 bits per heavy atom. The van der Waals surface area contributed by atoms with E-state index in [-0.39, 0.29) is 11.5 Å². The van der Waals surface area contributed by atoms with Gasteiger partial charge in [0, 0.05) is 26.2 Å². The van der Waals surface area contributed by atoms with Gasteiger partial charge in [0.25, 0.3) is 0 Å².